The summed E-state index contributed by atoms with van der Waals surface area (Å²) in [5, 5.41) is 0. The minimum atomic E-state index is -3.64. The SMILES string of the molecule is Cc1cc2c(cc1S(=O)(=O)NCC1CCOCC1)Sc1cc(F)ccc1O2. The molecule has 0 saturated carbocycles. The Morgan fingerprint density at radius 3 is 2.67 bits per heavy atom. The van der Waals surface area contributed by atoms with Crippen molar-refractivity contribution in [2.75, 3.05) is 19.8 Å². The van der Waals surface area contributed by atoms with Crippen molar-refractivity contribution in [2.45, 2.75) is 34.5 Å². The molecular weight excluding hydrogens is 389 g/mol. The van der Waals surface area contributed by atoms with Gasteiger partial charge in [0, 0.05) is 19.8 Å². The molecule has 4 rings (SSSR count). The van der Waals surface area contributed by atoms with Gasteiger partial charge in [0.2, 0.25) is 10.0 Å². The van der Waals surface area contributed by atoms with E-state index in [2.05, 4.69) is 4.72 Å². The maximum atomic E-state index is 13.5. The van der Waals surface area contributed by atoms with E-state index in [1.165, 1.54) is 23.9 Å². The molecule has 0 amide bonds. The summed E-state index contributed by atoms with van der Waals surface area (Å²) in [5.74, 6) is 1.09. The first-order chi connectivity index (χ1) is 12.9. The Labute approximate surface area is 162 Å². The van der Waals surface area contributed by atoms with Gasteiger partial charge in [-0.15, -0.1) is 0 Å². The maximum absolute atomic E-state index is 13.5. The molecule has 0 aliphatic carbocycles. The maximum Gasteiger partial charge on any atom is 0.240 e. The minimum Gasteiger partial charge on any atom is -0.455 e. The summed E-state index contributed by atoms with van der Waals surface area (Å²) in [6, 6.07) is 7.64. The van der Waals surface area contributed by atoms with Gasteiger partial charge in [-0.25, -0.2) is 17.5 Å². The lowest BCUT2D eigenvalue weighted by molar-refractivity contribution is 0.0678. The Bertz CT molecular complexity index is 972. The third-order valence-electron chi connectivity index (χ3n) is 4.78. The summed E-state index contributed by atoms with van der Waals surface area (Å²) in [5.41, 5.74) is 0.611. The van der Waals surface area contributed by atoms with Crippen LogP contribution >= 0.6 is 11.8 Å². The molecule has 8 heteroatoms. The van der Waals surface area contributed by atoms with E-state index in [0.29, 0.717) is 52.5 Å². The molecule has 2 aromatic carbocycles. The average Bonchev–Trinajstić information content (AvgIpc) is 2.65. The number of hydrogen-bond donors (Lipinski definition) is 1. The molecular formula is C19H20FNO4S2. The summed E-state index contributed by atoms with van der Waals surface area (Å²) < 4.78 is 53.0. The molecule has 0 radical (unpaired) electrons. The molecule has 144 valence electrons. The van der Waals surface area contributed by atoms with Gasteiger partial charge in [-0.2, -0.15) is 0 Å². The van der Waals surface area contributed by atoms with E-state index < -0.39 is 10.0 Å². The van der Waals surface area contributed by atoms with Crippen LogP contribution in [-0.2, 0) is 14.8 Å². The van der Waals surface area contributed by atoms with Crippen LogP contribution in [0.25, 0.3) is 0 Å². The lowest BCUT2D eigenvalue weighted by Crippen LogP contribution is -2.32. The average molecular weight is 410 g/mol. The number of halogens is 1. The van der Waals surface area contributed by atoms with Crippen LogP contribution in [0.5, 0.6) is 11.5 Å². The summed E-state index contributed by atoms with van der Waals surface area (Å²) >= 11 is 1.31. The monoisotopic (exact) mass is 409 g/mol. The molecule has 0 bridgehead atoms. The zero-order valence-electron chi connectivity index (χ0n) is 14.8. The van der Waals surface area contributed by atoms with Crippen LogP contribution < -0.4 is 9.46 Å². The van der Waals surface area contributed by atoms with E-state index in [9.17, 15) is 12.8 Å². The lowest BCUT2D eigenvalue weighted by Gasteiger charge is -2.23. The fourth-order valence-electron chi connectivity index (χ4n) is 3.23. The van der Waals surface area contributed by atoms with Gasteiger partial charge in [0.05, 0.1) is 14.7 Å². The standard InChI is InChI=1S/C19H20FNO4S2/c1-12-8-16-18(26-17-9-14(20)2-3-15(17)25-16)10-19(12)27(22,23)21-11-13-4-6-24-7-5-13/h2-3,8-10,13,21H,4-7,11H2,1H3. The van der Waals surface area contributed by atoms with Crippen LogP contribution in [0.2, 0.25) is 0 Å². The molecule has 2 aliphatic rings. The molecule has 0 spiro atoms. The first-order valence-electron chi connectivity index (χ1n) is 8.80. The van der Waals surface area contributed by atoms with Crippen molar-refractivity contribution >= 4 is 21.8 Å². The number of ether oxygens (including phenoxy) is 2. The van der Waals surface area contributed by atoms with Crippen LogP contribution in [0.15, 0.2) is 45.0 Å². The molecule has 0 atom stereocenters. The van der Waals surface area contributed by atoms with E-state index in [-0.39, 0.29) is 10.7 Å². The van der Waals surface area contributed by atoms with Gasteiger partial charge in [-0.3, -0.25) is 0 Å². The number of benzene rings is 2. The Hall–Kier alpha value is -1.61. The van der Waals surface area contributed by atoms with E-state index in [1.54, 1.807) is 25.1 Å². The number of aryl methyl sites for hydroxylation is 1. The number of rotatable bonds is 4. The highest BCUT2D eigenvalue weighted by atomic mass is 32.2. The fourth-order valence-corrected chi connectivity index (χ4v) is 5.67. The molecule has 0 aromatic heterocycles. The van der Waals surface area contributed by atoms with Crippen molar-refractivity contribution in [3.63, 3.8) is 0 Å². The van der Waals surface area contributed by atoms with Gasteiger partial charge in [0.25, 0.3) is 0 Å². The highest BCUT2D eigenvalue weighted by Gasteiger charge is 2.25. The number of nitrogens with one attached hydrogen (secondary N) is 1. The quantitative estimate of drug-likeness (QED) is 0.703. The molecule has 2 heterocycles. The van der Waals surface area contributed by atoms with Crippen molar-refractivity contribution in [1.29, 1.82) is 0 Å². The Morgan fingerprint density at radius 1 is 1.15 bits per heavy atom. The van der Waals surface area contributed by atoms with Crippen LogP contribution in [0.4, 0.5) is 4.39 Å². The van der Waals surface area contributed by atoms with Gasteiger partial charge in [0.1, 0.15) is 17.3 Å². The van der Waals surface area contributed by atoms with E-state index in [4.69, 9.17) is 9.47 Å². The summed E-state index contributed by atoms with van der Waals surface area (Å²) in [4.78, 5) is 1.51. The highest BCUT2D eigenvalue weighted by Crippen LogP contribution is 2.48. The van der Waals surface area contributed by atoms with Gasteiger partial charge in [-0.1, -0.05) is 11.8 Å². The molecule has 0 unspecified atom stereocenters. The summed E-state index contributed by atoms with van der Waals surface area (Å²) in [7, 11) is -3.64. The van der Waals surface area contributed by atoms with Gasteiger partial charge >= 0.3 is 0 Å². The van der Waals surface area contributed by atoms with Crippen LogP contribution in [0, 0.1) is 18.7 Å². The van der Waals surface area contributed by atoms with Crippen molar-refractivity contribution < 1.29 is 22.3 Å². The fraction of sp³-hybridized carbons (Fsp3) is 0.368. The second kappa shape index (κ2) is 7.43. The Morgan fingerprint density at radius 2 is 1.89 bits per heavy atom. The van der Waals surface area contributed by atoms with Crippen molar-refractivity contribution in [3.05, 3.63) is 41.7 Å². The summed E-state index contributed by atoms with van der Waals surface area (Å²) in [6.07, 6.45) is 1.72. The van der Waals surface area contributed by atoms with E-state index in [1.807, 2.05) is 0 Å². The predicted molar refractivity (Wildman–Crippen MR) is 101 cm³/mol. The third-order valence-corrected chi connectivity index (χ3v) is 7.42. The molecule has 1 fully saturated rings. The third kappa shape index (κ3) is 3.99. The topological polar surface area (TPSA) is 64.6 Å². The Kier molecular flexibility index (Phi) is 5.15. The second-order valence-electron chi connectivity index (χ2n) is 6.77. The van der Waals surface area contributed by atoms with Crippen LogP contribution in [0.1, 0.15) is 18.4 Å². The van der Waals surface area contributed by atoms with Crippen molar-refractivity contribution in [1.82, 2.24) is 4.72 Å². The first kappa shape index (κ1) is 18.7. The van der Waals surface area contributed by atoms with Gasteiger partial charge < -0.3 is 9.47 Å². The largest absolute Gasteiger partial charge is 0.455 e. The number of fused-ring (bicyclic) bond motifs is 2. The van der Waals surface area contributed by atoms with Crippen LogP contribution in [0.3, 0.4) is 0 Å². The zero-order chi connectivity index (χ0) is 19.0. The summed E-state index contributed by atoms with van der Waals surface area (Å²) in [6.45, 7) is 3.50. The zero-order valence-corrected chi connectivity index (χ0v) is 16.5. The second-order valence-corrected chi connectivity index (χ2v) is 9.59. The molecule has 27 heavy (non-hydrogen) atoms. The molecule has 2 aliphatic heterocycles. The van der Waals surface area contributed by atoms with Gasteiger partial charge in [-0.05, 0) is 61.6 Å². The van der Waals surface area contributed by atoms with Crippen molar-refractivity contribution in [3.8, 4) is 11.5 Å². The molecule has 2 aromatic rings. The molecule has 1 saturated heterocycles. The first-order valence-corrected chi connectivity index (χ1v) is 11.1. The Balaban J connectivity index is 1.58. The lowest BCUT2D eigenvalue weighted by atomic mass is 10.0. The molecule has 1 N–H and O–H groups in total. The van der Waals surface area contributed by atoms with Crippen molar-refractivity contribution in [2.24, 2.45) is 5.92 Å². The number of hydrogen-bond acceptors (Lipinski definition) is 5. The smallest absolute Gasteiger partial charge is 0.240 e. The normalized spacial score (nSPS) is 17.1. The van der Waals surface area contributed by atoms with Gasteiger partial charge in [0.15, 0.2) is 0 Å². The van der Waals surface area contributed by atoms with E-state index >= 15 is 0 Å². The van der Waals surface area contributed by atoms with Crippen LogP contribution in [-0.4, -0.2) is 28.2 Å². The minimum absolute atomic E-state index is 0.226. The van der Waals surface area contributed by atoms with E-state index in [0.717, 1.165) is 12.8 Å². The molecule has 5 nitrogen and oxygen atoms in total. The number of sulfonamides is 1. The predicted octanol–water partition coefficient (Wildman–Crippen LogP) is 4.10. The highest BCUT2D eigenvalue weighted by molar-refractivity contribution is 7.99.